The molecule has 1 aromatic carbocycles. The Hall–Kier alpha value is -2.92. The number of pyridine rings is 1. The van der Waals surface area contributed by atoms with Gasteiger partial charge in [0.1, 0.15) is 34.0 Å². The Morgan fingerprint density at radius 3 is 2.75 bits per heavy atom. The maximum absolute atomic E-state index is 13.8. The molecule has 0 aliphatic heterocycles. The van der Waals surface area contributed by atoms with Crippen molar-refractivity contribution in [2.24, 2.45) is 0 Å². The summed E-state index contributed by atoms with van der Waals surface area (Å²) >= 11 is 3.17. The van der Waals surface area contributed by atoms with E-state index in [2.05, 4.69) is 31.0 Å². The summed E-state index contributed by atoms with van der Waals surface area (Å²) in [5.74, 6) is 0.0589. The number of hydrogen-bond donors (Lipinski definition) is 0. The first kappa shape index (κ1) is 19.8. The number of benzene rings is 1. The summed E-state index contributed by atoms with van der Waals surface area (Å²) in [6.07, 6.45) is 1.43. The van der Waals surface area contributed by atoms with Gasteiger partial charge in [-0.1, -0.05) is 0 Å². The number of nitro benzene ring substituents is 1. The molecule has 0 saturated carbocycles. The van der Waals surface area contributed by atoms with Crippen LogP contribution in [0.2, 0.25) is 0 Å². The van der Waals surface area contributed by atoms with Crippen LogP contribution >= 0.6 is 15.9 Å². The van der Waals surface area contributed by atoms with Gasteiger partial charge in [0.05, 0.1) is 25.2 Å². The average Bonchev–Trinajstić information content (AvgIpc) is 3.10. The standard InChI is InChI=1S/C17H15BrFN5O4/c1-10-20-9-23(22-10)14-5-11(6-15(24(25)26)17(14)27-2)7-28-8-13-12(19)3-4-16(18)21-13/h3-6,9H,7-8H2,1-2H3. The predicted octanol–water partition coefficient (Wildman–Crippen LogP) is 3.51. The number of rotatable bonds is 7. The lowest BCUT2D eigenvalue weighted by Crippen LogP contribution is -2.05. The van der Waals surface area contributed by atoms with Gasteiger partial charge in [-0.05, 0) is 46.6 Å². The monoisotopic (exact) mass is 451 g/mol. The normalized spacial score (nSPS) is 10.9. The van der Waals surface area contributed by atoms with Gasteiger partial charge >= 0.3 is 5.69 Å². The van der Waals surface area contributed by atoms with Crippen LogP contribution in [0.15, 0.2) is 35.2 Å². The fourth-order valence-corrected chi connectivity index (χ4v) is 2.89. The second-order valence-corrected chi connectivity index (χ2v) is 6.53. The molecule has 0 aliphatic rings. The molecule has 0 atom stereocenters. The zero-order valence-electron chi connectivity index (χ0n) is 14.9. The summed E-state index contributed by atoms with van der Waals surface area (Å²) in [6.45, 7) is 1.60. The third-order valence-corrected chi connectivity index (χ3v) is 4.20. The SMILES string of the molecule is COc1c(-n2cnc(C)n2)cc(COCc2nc(Br)ccc2F)cc1[N+](=O)[O-]. The Kier molecular flexibility index (Phi) is 5.95. The molecular weight excluding hydrogens is 437 g/mol. The zero-order chi connectivity index (χ0) is 20.3. The fourth-order valence-electron chi connectivity index (χ4n) is 2.54. The molecule has 0 unspecified atom stereocenters. The molecule has 0 N–H and O–H groups in total. The van der Waals surface area contributed by atoms with Crippen LogP contribution in [-0.4, -0.2) is 31.8 Å². The Bertz CT molecular complexity index is 1030. The summed E-state index contributed by atoms with van der Waals surface area (Å²) in [5.41, 5.74) is 0.733. The zero-order valence-corrected chi connectivity index (χ0v) is 16.5. The molecule has 0 bridgehead atoms. The van der Waals surface area contributed by atoms with E-state index in [4.69, 9.17) is 9.47 Å². The predicted molar refractivity (Wildman–Crippen MR) is 99.7 cm³/mol. The Balaban J connectivity index is 1.89. The molecule has 28 heavy (non-hydrogen) atoms. The summed E-state index contributed by atoms with van der Waals surface area (Å²) in [4.78, 5) is 19.0. The first-order valence-electron chi connectivity index (χ1n) is 8.01. The number of hydrogen-bond acceptors (Lipinski definition) is 7. The van der Waals surface area contributed by atoms with Crippen LogP contribution < -0.4 is 4.74 Å². The van der Waals surface area contributed by atoms with Crippen molar-refractivity contribution < 1.29 is 18.8 Å². The Morgan fingerprint density at radius 2 is 2.11 bits per heavy atom. The van der Waals surface area contributed by atoms with Crippen molar-refractivity contribution in [2.75, 3.05) is 7.11 Å². The van der Waals surface area contributed by atoms with E-state index in [-0.39, 0.29) is 30.3 Å². The molecule has 3 rings (SSSR count). The molecule has 2 aromatic heterocycles. The number of aromatic nitrogens is 4. The molecule has 9 nitrogen and oxygen atoms in total. The molecule has 0 amide bonds. The first-order valence-corrected chi connectivity index (χ1v) is 8.81. The highest BCUT2D eigenvalue weighted by Gasteiger charge is 2.22. The second-order valence-electron chi connectivity index (χ2n) is 5.72. The van der Waals surface area contributed by atoms with Crippen molar-refractivity contribution in [1.82, 2.24) is 19.7 Å². The maximum Gasteiger partial charge on any atom is 0.313 e. The lowest BCUT2D eigenvalue weighted by molar-refractivity contribution is -0.385. The van der Waals surface area contributed by atoms with Crippen LogP contribution in [-0.2, 0) is 18.0 Å². The van der Waals surface area contributed by atoms with Crippen LogP contribution in [0.1, 0.15) is 17.1 Å². The summed E-state index contributed by atoms with van der Waals surface area (Å²) in [6, 6.07) is 5.75. The van der Waals surface area contributed by atoms with Gasteiger partial charge in [-0.2, -0.15) is 5.10 Å². The van der Waals surface area contributed by atoms with E-state index in [9.17, 15) is 14.5 Å². The van der Waals surface area contributed by atoms with Gasteiger partial charge in [0.15, 0.2) is 0 Å². The van der Waals surface area contributed by atoms with Gasteiger partial charge in [-0.15, -0.1) is 0 Å². The van der Waals surface area contributed by atoms with Gasteiger partial charge in [0, 0.05) is 6.07 Å². The lowest BCUT2D eigenvalue weighted by Gasteiger charge is -2.12. The highest BCUT2D eigenvalue weighted by molar-refractivity contribution is 9.10. The van der Waals surface area contributed by atoms with Crippen molar-refractivity contribution in [3.05, 3.63) is 68.2 Å². The molecule has 3 aromatic rings. The molecule has 0 radical (unpaired) electrons. The van der Waals surface area contributed by atoms with E-state index in [1.165, 1.54) is 36.3 Å². The fraction of sp³-hybridized carbons (Fsp3) is 0.235. The Labute approximate surface area is 167 Å². The molecule has 0 aliphatic carbocycles. The minimum absolute atomic E-state index is 0.000846. The highest BCUT2D eigenvalue weighted by atomic mass is 79.9. The van der Waals surface area contributed by atoms with E-state index in [0.717, 1.165) is 0 Å². The van der Waals surface area contributed by atoms with Crippen molar-refractivity contribution in [3.8, 4) is 11.4 Å². The van der Waals surface area contributed by atoms with Gasteiger partial charge < -0.3 is 9.47 Å². The van der Waals surface area contributed by atoms with Crippen molar-refractivity contribution in [3.63, 3.8) is 0 Å². The van der Waals surface area contributed by atoms with E-state index in [0.29, 0.717) is 21.7 Å². The molecule has 146 valence electrons. The minimum Gasteiger partial charge on any atom is -0.489 e. The number of nitro groups is 1. The average molecular weight is 452 g/mol. The molecule has 0 fully saturated rings. The van der Waals surface area contributed by atoms with Gasteiger partial charge in [0.2, 0.25) is 5.75 Å². The van der Waals surface area contributed by atoms with E-state index < -0.39 is 10.7 Å². The van der Waals surface area contributed by atoms with Crippen LogP contribution in [0.3, 0.4) is 0 Å². The van der Waals surface area contributed by atoms with Crippen LogP contribution in [0.25, 0.3) is 5.69 Å². The largest absolute Gasteiger partial charge is 0.489 e. The van der Waals surface area contributed by atoms with Crippen LogP contribution in [0, 0.1) is 22.9 Å². The minimum atomic E-state index is -0.550. The lowest BCUT2D eigenvalue weighted by atomic mass is 10.1. The van der Waals surface area contributed by atoms with Gasteiger partial charge in [-0.25, -0.2) is 19.0 Å². The molecule has 0 spiro atoms. The maximum atomic E-state index is 13.8. The van der Waals surface area contributed by atoms with Crippen molar-refractivity contribution in [1.29, 1.82) is 0 Å². The van der Waals surface area contributed by atoms with E-state index in [1.54, 1.807) is 13.0 Å². The Morgan fingerprint density at radius 1 is 1.32 bits per heavy atom. The van der Waals surface area contributed by atoms with Crippen LogP contribution in [0.5, 0.6) is 5.75 Å². The first-order chi connectivity index (χ1) is 13.4. The molecular formula is C17H15BrFN5O4. The van der Waals surface area contributed by atoms with E-state index >= 15 is 0 Å². The smallest absolute Gasteiger partial charge is 0.313 e. The molecule has 11 heteroatoms. The summed E-state index contributed by atoms with van der Waals surface area (Å²) in [7, 11) is 1.34. The highest BCUT2D eigenvalue weighted by Crippen LogP contribution is 2.35. The number of ether oxygens (including phenoxy) is 2. The number of halogens is 2. The molecule has 0 saturated heterocycles. The number of nitrogens with zero attached hydrogens (tertiary/aromatic N) is 5. The number of methoxy groups -OCH3 is 1. The van der Waals surface area contributed by atoms with E-state index in [1.807, 2.05) is 0 Å². The quantitative estimate of drug-likeness (QED) is 0.307. The van der Waals surface area contributed by atoms with Gasteiger partial charge in [-0.3, -0.25) is 10.1 Å². The van der Waals surface area contributed by atoms with Crippen LogP contribution in [0.4, 0.5) is 10.1 Å². The van der Waals surface area contributed by atoms with Crippen molar-refractivity contribution >= 4 is 21.6 Å². The molecule has 2 heterocycles. The summed E-state index contributed by atoms with van der Waals surface area (Å²) in [5, 5.41) is 15.7. The van der Waals surface area contributed by atoms with Crippen molar-refractivity contribution in [2.45, 2.75) is 20.1 Å². The third kappa shape index (κ3) is 4.31. The van der Waals surface area contributed by atoms with Gasteiger partial charge in [0.25, 0.3) is 0 Å². The second kappa shape index (κ2) is 8.40. The topological polar surface area (TPSA) is 105 Å². The number of aryl methyl sites for hydroxylation is 1. The summed E-state index contributed by atoms with van der Waals surface area (Å²) < 4.78 is 26.4. The third-order valence-electron chi connectivity index (χ3n) is 3.76.